The van der Waals surface area contributed by atoms with E-state index < -0.39 is 0 Å². The van der Waals surface area contributed by atoms with Crippen LogP contribution in [0.25, 0.3) is 0 Å². The first-order valence-electron chi connectivity index (χ1n) is 5.61. The van der Waals surface area contributed by atoms with Crippen molar-refractivity contribution in [1.82, 2.24) is 5.43 Å². The van der Waals surface area contributed by atoms with Crippen LogP contribution in [-0.2, 0) is 12.8 Å². The Morgan fingerprint density at radius 2 is 2.06 bits per heavy atom. The Bertz CT molecular complexity index is 500. The van der Waals surface area contributed by atoms with Gasteiger partial charge in [-0.05, 0) is 48.1 Å². The van der Waals surface area contributed by atoms with Crippen molar-refractivity contribution in [2.75, 3.05) is 0 Å². The number of nitrogens with two attached hydrogens (primary N) is 1. The molecular weight excluding hydrogens is 287 g/mol. The van der Waals surface area contributed by atoms with Crippen molar-refractivity contribution in [2.24, 2.45) is 5.84 Å². The van der Waals surface area contributed by atoms with Crippen LogP contribution in [0.4, 0.5) is 0 Å². The highest BCUT2D eigenvalue weighted by molar-refractivity contribution is 7.09. The van der Waals surface area contributed by atoms with Gasteiger partial charge in [0, 0.05) is 21.0 Å². The lowest BCUT2D eigenvalue weighted by molar-refractivity contribution is 0.526. The summed E-state index contributed by atoms with van der Waals surface area (Å²) in [5, 5.41) is 3.49. The van der Waals surface area contributed by atoms with Crippen LogP contribution in [0, 0.1) is 0 Å². The summed E-state index contributed by atoms with van der Waals surface area (Å²) in [7, 11) is 0. The Balaban J connectivity index is 2.07. The van der Waals surface area contributed by atoms with Gasteiger partial charge in [-0.3, -0.25) is 11.3 Å². The Hall–Kier alpha value is -0.580. The summed E-state index contributed by atoms with van der Waals surface area (Å²) in [4.78, 5) is 1.30. The van der Waals surface area contributed by atoms with Crippen LogP contribution >= 0.6 is 34.5 Å². The summed E-state index contributed by atoms with van der Waals surface area (Å²) in [6.45, 7) is 0. The van der Waals surface area contributed by atoms with E-state index in [-0.39, 0.29) is 6.04 Å². The molecule has 0 aliphatic heterocycles. The normalized spacial score (nSPS) is 12.6. The fourth-order valence-electron chi connectivity index (χ4n) is 1.83. The van der Waals surface area contributed by atoms with Crippen molar-refractivity contribution in [3.63, 3.8) is 0 Å². The number of nitrogens with one attached hydrogen (secondary N) is 1. The van der Waals surface area contributed by atoms with E-state index in [1.807, 2.05) is 18.2 Å². The highest BCUT2D eigenvalue weighted by Gasteiger charge is 2.12. The minimum Gasteiger partial charge on any atom is -0.271 e. The van der Waals surface area contributed by atoms with Gasteiger partial charge >= 0.3 is 0 Å². The van der Waals surface area contributed by atoms with E-state index in [1.165, 1.54) is 4.88 Å². The number of hydrazine groups is 1. The Morgan fingerprint density at radius 3 is 2.72 bits per heavy atom. The number of benzene rings is 1. The average Bonchev–Trinajstić information content (AvgIpc) is 2.85. The first-order valence-corrected chi connectivity index (χ1v) is 7.25. The van der Waals surface area contributed by atoms with Gasteiger partial charge in [0.15, 0.2) is 0 Å². The van der Waals surface area contributed by atoms with E-state index in [0.717, 1.165) is 23.4 Å². The van der Waals surface area contributed by atoms with Gasteiger partial charge in [0.05, 0.1) is 0 Å². The molecule has 0 spiro atoms. The standard InChI is InChI=1S/C13H14Cl2N2S/c14-10-3-4-13(15)9(6-10)7-11(17-16)8-12-2-1-5-18-12/h1-6,11,17H,7-8,16H2. The van der Waals surface area contributed by atoms with Gasteiger partial charge in [0.25, 0.3) is 0 Å². The molecule has 18 heavy (non-hydrogen) atoms. The maximum atomic E-state index is 6.15. The number of hydrogen-bond acceptors (Lipinski definition) is 3. The van der Waals surface area contributed by atoms with Crippen LogP contribution in [0.5, 0.6) is 0 Å². The van der Waals surface area contributed by atoms with Gasteiger partial charge in [-0.15, -0.1) is 11.3 Å². The molecule has 0 bridgehead atoms. The molecule has 0 radical (unpaired) electrons. The topological polar surface area (TPSA) is 38.0 Å². The fraction of sp³-hybridized carbons (Fsp3) is 0.231. The monoisotopic (exact) mass is 300 g/mol. The van der Waals surface area contributed by atoms with Gasteiger partial charge in [-0.2, -0.15) is 0 Å². The van der Waals surface area contributed by atoms with Crippen LogP contribution in [-0.4, -0.2) is 6.04 Å². The molecule has 1 heterocycles. The maximum Gasteiger partial charge on any atom is 0.0439 e. The molecule has 0 aliphatic rings. The molecule has 0 amide bonds. The average molecular weight is 301 g/mol. The van der Waals surface area contributed by atoms with Crippen LogP contribution in [0.15, 0.2) is 35.7 Å². The van der Waals surface area contributed by atoms with Crippen LogP contribution in [0.2, 0.25) is 10.0 Å². The second kappa shape index (κ2) is 6.55. The van der Waals surface area contributed by atoms with E-state index >= 15 is 0 Å². The summed E-state index contributed by atoms with van der Waals surface area (Å²) in [5.41, 5.74) is 3.86. The van der Waals surface area contributed by atoms with Crippen molar-refractivity contribution in [3.8, 4) is 0 Å². The molecule has 3 N–H and O–H groups in total. The zero-order valence-corrected chi connectivity index (χ0v) is 12.0. The van der Waals surface area contributed by atoms with Crippen molar-refractivity contribution in [2.45, 2.75) is 18.9 Å². The number of rotatable bonds is 5. The molecular formula is C13H14Cl2N2S. The van der Waals surface area contributed by atoms with Gasteiger partial charge in [0.2, 0.25) is 0 Å². The molecule has 1 aromatic heterocycles. The summed E-state index contributed by atoms with van der Waals surface area (Å²) in [5.74, 6) is 5.60. The number of hydrogen-bond donors (Lipinski definition) is 2. The smallest absolute Gasteiger partial charge is 0.0439 e. The molecule has 0 fully saturated rings. The predicted octanol–water partition coefficient (Wildman–Crippen LogP) is 3.67. The summed E-state index contributed by atoms with van der Waals surface area (Å²) in [6.07, 6.45) is 1.64. The van der Waals surface area contributed by atoms with Crippen LogP contribution in [0.3, 0.4) is 0 Å². The van der Waals surface area contributed by atoms with Gasteiger partial charge in [-0.25, -0.2) is 0 Å². The number of thiophene rings is 1. The van der Waals surface area contributed by atoms with Gasteiger partial charge in [0.1, 0.15) is 0 Å². The first kappa shape index (κ1) is 13.8. The molecule has 2 rings (SSSR count). The van der Waals surface area contributed by atoms with Gasteiger partial charge < -0.3 is 0 Å². The third kappa shape index (κ3) is 3.70. The van der Waals surface area contributed by atoms with Crippen molar-refractivity contribution in [3.05, 3.63) is 56.2 Å². The summed E-state index contributed by atoms with van der Waals surface area (Å²) < 4.78 is 0. The van der Waals surface area contributed by atoms with Crippen LogP contribution in [0.1, 0.15) is 10.4 Å². The maximum absolute atomic E-state index is 6.15. The third-order valence-corrected chi connectivity index (χ3v) is 4.24. The lowest BCUT2D eigenvalue weighted by Gasteiger charge is -2.16. The first-order chi connectivity index (χ1) is 8.69. The zero-order valence-electron chi connectivity index (χ0n) is 9.70. The fourth-order valence-corrected chi connectivity index (χ4v) is 3.00. The number of halogens is 2. The van der Waals surface area contributed by atoms with E-state index in [9.17, 15) is 0 Å². The largest absolute Gasteiger partial charge is 0.271 e. The molecule has 0 saturated heterocycles. The summed E-state index contributed by atoms with van der Waals surface area (Å²) in [6, 6.07) is 9.80. The molecule has 1 atom stereocenters. The third-order valence-electron chi connectivity index (χ3n) is 2.74. The Labute approximate surface area is 121 Å². The molecule has 0 saturated carbocycles. The molecule has 1 unspecified atom stereocenters. The van der Waals surface area contributed by atoms with E-state index in [2.05, 4.69) is 16.9 Å². The molecule has 2 aromatic rings. The second-order valence-electron chi connectivity index (χ2n) is 4.09. The van der Waals surface area contributed by atoms with E-state index in [1.54, 1.807) is 17.4 Å². The van der Waals surface area contributed by atoms with Crippen molar-refractivity contribution >= 4 is 34.5 Å². The highest BCUT2D eigenvalue weighted by Crippen LogP contribution is 2.23. The minimum atomic E-state index is 0.152. The highest BCUT2D eigenvalue weighted by atomic mass is 35.5. The molecule has 0 aliphatic carbocycles. The van der Waals surface area contributed by atoms with E-state index in [4.69, 9.17) is 29.0 Å². The van der Waals surface area contributed by atoms with Gasteiger partial charge in [-0.1, -0.05) is 29.3 Å². The quantitative estimate of drug-likeness (QED) is 0.653. The second-order valence-corrected chi connectivity index (χ2v) is 5.96. The lowest BCUT2D eigenvalue weighted by atomic mass is 10.0. The Morgan fingerprint density at radius 1 is 1.22 bits per heavy atom. The van der Waals surface area contributed by atoms with Crippen molar-refractivity contribution < 1.29 is 0 Å². The zero-order chi connectivity index (χ0) is 13.0. The molecule has 1 aromatic carbocycles. The SMILES string of the molecule is NNC(Cc1cccs1)Cc1cc(Cl)ccc1Cl. The Kier molecular flexibility index (Phi) is 5.03. The minimum absolute atomic E-state index is 0.152. The molecule has 2 nitrogen and oxygen atoms in total. The van der Waals surface area contributed by atoms with Crippen molar-refractivity contribution in [1.29, 1.82) is 0 Å². The molecule has 5 heteroatoms. The van der Waals surface area contributed by atoms with Crippen LogP contribution < -0.4 is 11.3 Å². The van der Waals surface area contributed by atoms with E-state index in [0.29, 0.717) is 5.02 Å². The lowest BCUT2D eigenvalue weighted by Crippen LogP contribution is -2.38. The molecule has 96 valence electrons. The predicted molar refractivity (Wildman–Crippen MR) is 79.3 cm³/mol. The summed E-state index contributed by atoms with van der Waals surface area (Å²) >= 11 is 13.9.